The molecule has 0 amide bonds. The molecule has 4 rings (SSSR count). The van der Waals surface area contributed by atoms with Crippen LogP contribution in [-0.4, -0.2) is 34.0 Å². The lowest BCUT2D eigenvalue weighted by molar-refractivity contribution is 0.323. The maximum Gasteiger partial charge on any atom is 0.191 e. The Morgan fingerprint density at radius 2 is 2.21 bits per heavy atom. The second-order valence-corrected chi connectivity index (χ2v) is 6.50. The molecule has 0 saturated carbocycles. The first kappa shape index (κ1) is 15.1. The molecule has 1 aromatic carbocycles. The van der Waals surface area contributed by atoms with Gasteiger partial charge in [0, 0.05) is 61.5 Å². The van der Waals surface area contributed by atoms with E-state index in [-0.39, 0.29) is 0 Å². The van der Waals surface area contributed by atoms with Crippen molar-refractivity contribution in [2.24, 2.45) is 0 Å². The molecule has 3 aromatic rings. The molecule has 24 heavy (non-hydrogen) atoms. The Morgan fingerprint density at radius 1 is 1.29 bits per heavy atom. The summed E-state index contributed by atoms with van der Waals surface area (Å²) < 4.78 is 5.54. The molecule has 0 bridgehead atoms. The molecule has 0 aliphatic carbocycles. The lowest BCUT2D eigenvalue weighted by Gasteiger charge is -2.17. The van der Waals surface area contributed by atoms with E-state index in [0.29, 0.717) is 6.04 Å². The number of aryl methyl sites for hydroxylation is 2. The molecule has 124 valence electrons. The average Bonchev–Trinajstić information content (AvgIpc) is 3.14. The molecule has 1 aliphatic rings. The van der Waals surface area contributed by atoms with Gasteiger partial charge in [-0.25, -0.2) is 4.98 Å². The first-order valence-corrected chi connectivity index (χ1v) is 8.43. The van der Waals surface area contributed by atoms with Gasteiger partial charge in [0.25, 0.3) is 0 Å². The van der Waals surface area contributed by atoms with E-state index in [0.717, 1.165) is 43.4 Å². The number of fused-ring (bicyclic) bond motifs is 1. The molecule has 1 fully saturated rings. The number of hydrogen-bond donors (Lipinski definition) is 1. The molecule has 1 atom stereocenters. The SMILES string of the molecule is Cc1nc(CN2CCC(Nc3cccc4cnccc34)C2)c(C)o1. The monoisotopic (exact) mass is 322 g/mol. The third kappa shape index (κ3) is 2.99. The number of rotatable bonds is 4. The summed E-state index contributed by atoms with van der Waals surface area (Å²) in [6, 6.07) is 8.87. The highest BCUT2D eigenvalue weighted by atomic mass is 16.4. The summed E-state index contributed by atoms with van der Waals surface area (Å²) in [6.07, 6.45) is 4.90. The minimum absolute atomic E-state index is 0.456. The van der Waals surface area contributed by atoms with E-state index in [1.807, 2.05) is 26.2 Å². The van der Waals surface area contributed by atoms with Crippen LogP contribution >= 0.6 is 0 Å². The summed E-state index contributed by atoms with van der Waals surface area (Å²) in [4.78, 5) is 11.1. The summed E-state index contributed by atoms with van der Waals surface area (Å²) in [5, 5.41) is 6.11. The van der Waals surface area contributed by atoms with E-state index in [9.17, 15) is 0 Å². The van der Waals surface area contributed by atoms with Crippen LogP contribution in [0.1, 0.15) is 23.8 Å². The minimum Gasteiger partial charge on any atom is -0.446 e. The van der Waals surface area contributed by atoms with Crippen LogP contribution in [0, 0.1) is 13.8 Å². The van der Waals surface area contributed by atoms with Crippen molar-refractivity contribution in [2.45, 2.75) is 32.9 Å². The molecule has 5 nitrogen and oxygen atoms in total. The largest absolute Gasteiger partial charge is 0.446 e. The van der Waals surface area contributed by atoms with Crippen LogP contribution in [0.5, 0.6) is 0 Å². The Balaban J connectivity index is 1.44. The third-order valence-electron chi connectivity index (χ3n) is 4.69. The third-order valence-corrected chi connectivity index (χ3v) is 4.69. The standard InChI is InChI=1S/C19H22N4O/c1-13-19(21-14(2)24-13)12-23-9-7-16(11-23)22-18-5-3-4-15-10-20-8-6-17(15)18/h3-6,8,10,16,22H,7,9,11-12H2,1-2H3. The topological polar surface area (TPSA) is 54.2 Å². The van der Waals surface area contributed by atoms with Crippen LogP contribution in [0.25, 0.3) is 10.8 Å². The highest BCUT2D eigenvalue weighted by Gasteiger charge is 2.24. The van der Waals surface area contributed by atoms with Crippen molar-refractivity contribution in [1.29, 1.82) is 0 Å². The molecule has 2 aromatic heterocycles. The molecule has 1 aliphatic heterocycles. The number of pyridine rings is 1. The molecule has 1 unspecified atom stereocenters. The molecule has 0 radical (unpaired) electrons. The first-order chi connectivity index (χ1) is 11.7. The Bertz CT molecular complexity index is 852. The summed E-state index contributed by atoms with van der Waals surface area (Å²) in [5.74, 6) is 1.69. The molecule has 5 heteroatoms. The van der Waals surface area contributed by atoms with Crippen molar-refractivity contribution in [3.63, 3.8) is 0 Å². The molecule has 3 heterocycles. The van der Waals surface area contributed by atoms with Crippen molar-refractivity contribution >= 4 is 16.5 Å². The Labute approximate surface area is 141 Å². The normalized spacial score (nSPS) is 18.3. The van der Waals surface area contributed by atoms with Crippen molar-refractivity contribution in [3.05, 3.63) is 54.0 Å². The van der Waals surface area contributed by atoms with Gasteiger partial charge in [0.05, 0.1) is 5.69 Å². The summed E-state index contributed by atoms with van der Waals surface area (Å²) in [6.45, 7) is 6.86. The summed E-state index contributed by atoms with van der Waals surface area (Å²) in [7, 11) is 0. The Kier molecular flexibility index (Phi) is 3.94. The average molecular weight is 322 g/mol. The zero-order valence-corrected chi connectivity index (χ0v) is 14.1. The lowest BCUT2D eigenvalue weighted by atomic mass is 10.1. The minimum atomic E-state index is 0.456. The predicted molar refractivity (Wildman–Crippen MR) is 95.0 cm³/mol. The molecule has 1 saturated heterocycles. The van der Waals surface area contributed by atoms with E-state index in [1.54, 1.807) is 0 Å². The van der Waals surface area contributed by atoms with Gasteiger partial charge in [-0.1, -0.05) is 12.1 Å². The smallest absolute Gasteiger partial charge is 0.191 e. The second kappa shape index (κ2) is 6.24. The quantitative estimate of drug-likeness (QED) is 0.796. The number of likely N-dealkylation sites (tertiary alicyclic amines) is 1. The number of hydrogen-bond acceptors (Lipinski definition) is 5. The van der Waals surface area contributed by atoms with Gasteiger partial charge in [0.1, 0.15) is 5.76 Å². The molecule has 0 spiro atoms. The van der Waals surface area contributed by atoms with E-state index in [4.69, 9.17) is 4.42 Å². The van der Waals surface area contributed by atoms with Gasteiger partial charge in [-0.15, -0.1) is 0 Å². The van der Waals surface area contributed by atoms with E-state index in [2.05, 4.69) is 44.5 Å². The Morgan fingerprint density at radius 3 is 3.04 bits per heavy atom. The number of nitrogens with one attached hydrogen (secondary N) is 1. The fourth-order valence-electron chi connectivity index (χ4n) is 3.49. The number of oxazole rings is 1. The van der Waals surface area contributed by atoms with Crippen molar-refractivity contribution in [2.75, 3.05) is 18.4 Å². The van der Waals surface area contributed by atoms with E-state index >= 15 is 0 Å². The van der Waals surface area contributed by atoms with Crippen molar-refractivity contribution in [1.82, 2.24) is 14.9 Å². The van der Waals surface area contributed by atoms with Crippen LogP contribution in [0.15, 0.2) is 41.1 Å². The van der Waals surface area contributed by atoms with Crippen molar-refractivity contribution < 1.29 is 4.42 Å². The van der Waals surface area contributed by atoms with Gasteiger partial charge in [0.15, 0.2) is 5.89 Å². The molecular weight excluding hydrogens is 300 g/mol. The van der Waals surface area contributed by atoms with Crippen LogP contribution in [0.4, 0.5) is 5.69 Å². The highest BCUT2D eigenvalue weighted by molar-refractivity contribution is 5.93. The van der Waals surface area contributed by atoms with Crippen LogP contribution in [0.2, 0.25) is 0 Å². The van der Waals surface area contributed by atoms with E-state index < -0.39 is 0 Å². The second-order valence-electron chi connectivity index (χ2n) is 6.50. The lowest BCUT2D eigenvalue weighted by Crippen LogP contribution is -2.26. The fraction of sp³-hybridized carbons (Fsp3) is 0.368. The number of aromatic nitrogens is 2. The predicted octanol–water partition coefficient (Wildman–Crippen LogP) is 3.53. The van der Waals surface area contributed by atoms with Crippen LogP contribution < -0.4 is 5.32 Å². The first-order valence-electron chi connectivity index (χ1n) is 8.43. The zero-order valence-electron chi connectivity index (χ0n) is 14.1. The maximum absolute atomic E-state index is 5.54. The van der Waals surface area contributed by atoms with Gasteiger partial charge in [-0.2, -0.15) is 0 Å². The van der Waals surface area contributed by atoms with Crippen LogP contribution in [0.3, 0.4) is 0 Å². The molecular formula is C19H22N4O. The van der Waals surface area contributed by atoms with Crippen LogP contribution in [-0.2, 0) is 6.54 Å². The zero-order chi connectivity index (χ0) is 16.5. The van der Waals surface area contributed by atoms with E-state index in [1.165, 1.54) is 16.5 Å². The molecule has 1 N–H and O–H groups in total. The number of benzene rings is 1. The number of anilines is 1. The maximum atomic E-state index is 5.54. The highest BCUT2D eigenvalue weighted by Crippen LogP contribution is 2.25. The van der Waals surface area contributed by atoms with Gasteiger partial charge in [0.2, 0.25) is 0 Å². The van der Waals surface area contributed by atoms with Crippen molar-refractivity contribution in [3.8, 4) is 0 Å². The Hall–Kier alpha value is -2.40. The van der Waals surface area contributed by atoms with Gasteiger partial charge in [-0.3, -0.25) is 9.88 Å². The van der Waals surface area contributed by atoms with Gasteiger partial charge < -0.3 is 9.73 Å². The summed E-state index contributed by atoms with van der Waals surface area (Å²) in [5.41, 5.74) is 2.25. The number of nitrogens with zero attached hydrogens (tertiary/aromatic N) is 3. The summed E-state index contributed by atoms with van der Waals surface area (Å²) >= 11 is 0. The van der Waals surface area contributed by atoms with Gasteiger partial charge in [-0.05, 0) is 25.5 Å². The fourth-order valence-corrected chi connectivity index (χ4v) is 3.49. The van der Waals surface area contributed by atoms with Gasteiger partial charge >= 0.3 is 0 Å².